The minimum absolute atomic E-state index is 0. The van der Waals surface area contributed by atoms with Crippen molar-refractivity contribution >= 4 is 96.3 Å². The number of hydrogen-bond donors (Lipinski definition) is 2. The standard InChI is InChI=1S/C31H33N7O16S5.3Na/c32-28-26(36-34-23-10-12-25(13-11-23)56(42,43)19-16-54-59(50,51)52)20-27(57(44,45)46)29(33)30(28)37-35-22-8-6-21(7-9-22)31(39)38(24-4-2-1-3-5-24)14-17-55(40,41)18-15-53-58(47,48)49;;;/h1-13,20H,14-19,32-33H2,(H,44,45,46)(H,47,48,49)(H,50,51,52);;;/q;3*+1/p-3. The summed E-state index contributed by atoms with van der Waals surface area (Å²) in [5, 5.41) is 15.6. The van der Waals surface area contributed by atoms with Crippen LogP contribution in [0.3, 0.4) is 0 Å². The van der Waals surface area contributed by atoms with E-state index in [1.165, 1.54) is 36.4 Å². The van der Waals surface area contributed by atoms with E-state index in [0.29, 0.717) is 5.69 Å². The number of nitrogens with two attached hydrogens (primary N) is 2. The van der Waals surface area contributed by atoms with Gasteiger partial charge in [-0.2, -0.15) is 10.2 Å². The first-order valence-electron chi connectivity index (χ1n) is 16.1. The number of rotatable bonds is 19. The summed E-state index contributed by atoms with van der Waals surface area (Å²) in [6.45, 7) is -2.20. The molecule has 0 spiro atoms. The fraction of sp³-hybridized carbons (Fsp3) is 0.194. The number of nitrogen functional groups attached to an aromatic ring is 2. The van der Waals surface area contributed by atoms with Gasteiger partial charge in [0.15, 0.2) is 19.7 Å². The van der Waals surface area contributed by atoms with Gasteiger partial charge in [0.05, 0.1) is 63.0 Å². The van der Waals surface area contributed by atoms with Crippen LogP contribution in [-0.2, 0) is 59.0 Å². The molecule has 0 aliphatic heterocycles. The summed E-state index contributed by atoms with van der Waals surface area (Å²) in [7, 11) is -23.6. The van der Waals surface area contributed by atoms with E-state index in [9.17, 15) is 60.5 Å². The quantitative estimate of drug-likeness (QED) is 0.0290. The molecule has 0 aliphatic rings. The summed E-state index contributed by atoms with van der Waals surface area (Å²) >= 11 is 0. The number of sulfone groups is 2. The maximum Gasteiger partial charge on any atom is 1.00 e. The van der Waals surface area contributed by atoms with Gasteiger partial charge in [-0.3, -0.25) is 13.2 Å². The summed E-state index contributed by atoms with van der Waals surface area (Å²) in [6.07, 6.45) is 0. The third-order valence-electron chi connectivity index (χ3n) is 7.58. The van der Waals surface area contributed by atoms with Crippen LogP contribution in [0.1, 0.15) is 10.4 Å². The second kappa shape index (κ2) is 24.3. The van der Waals surface area contributed by atoms with Gasteiger partial charge in [-0.05, 0) is 66.7 Å². The van der Waals surface area contributed by atoms with E-state index < -0.39 is 115 Å². The molecule has 62 heavy (non-hydrogen) atoms. The summed E-state index contributed by atoms with van der Waals surface area (Å²) in [6, 6.07) is 18.4. The number of carbonyl (C=O) groups is 1. The number of amides is 1. The summed E-state index contributed by atoms with van der Waals surface area (Å²) in [5.74, 6) is -2.93. The van der Waals surface area contributed by atoms with Crippen LogP contribution < -0.4 is 105 Å². The molecule has 0 fully saturated rings. The van der Waals surface area contributed by atoms with E-state index in [2.05, 4.69) is 28.8 Å². The second-order valence-corrected chi connectivity index (χ2v) is 19.6. The first kappa shape index (κ1) is 57.7. The van der Waals surface area contributed by atoms with Crippen LogP contribution in [-0.4, -0.2) is 98.7 Å². The number of nitrogens with zero attached hydrogens (tertiary/aromatic N) is 5. The van der Waals surface area contributed by atoms with Crippen LogP contribution >= 0.6 is 0 Å². The zero-order valence-electron chi connectivity index (χ0n) is 32.8. The van der Waals surface area contributed by atoms with E-state index in [0.717, 1.165) is 23.1 Å². The molecular weight excluding hydrogens is 956 g/mol. The van der Waals surface area contributed by atoms with Crippen molar-refractivity contribution in [1.82, 2.24) is 0 Å². The van der Waals surface area contributed by atoms with Crippen molar-refractivity contribution in [3.05, 3.63) is 90.5 Å². The van der Waals surface area contributed by atoms with Crippen LogP contribution in [0.2, 0.25) is 0 Å². The molecule has 0 heterocycles. The fourth-order valence-electron chi connectivity index (χ4n) is 4.74. The smallest absolute Gasteiger partial charge is 0.744 e. The molecule has 318 valence electrons. The molecule has 0 bridgehead atoms. The van der Waals surface area contributed by atoms with Crippen LogP contribution in [0.4, 0.5) is 39.8 Å². The molecular formula is C31H30N7Na3O16S5. The Morgan fingerprint density at radius 2 is 1.11 bits per heavy atom. The number of anilines is 3. The van der Waals surface area contributed by atoms with Gasteiger partial charge in [-0.1, -0.05) is 18.2 Å². The van der Waals surface area contributed by atoms with Gasteiger partial charge in [-0.15, -0.1) is 10.2 Å². The molecule has 23 nitrogen and oxygen atoms in total. The van der Waals surface area contributed by atoms with E-state index in [4.69, 9.17) is 11.5 Å². The van der Waals surface area contributed by atoms with Crippen molar-refractivity contribution in [1.29, 1.82) is 0 Å². The fourth-order valence-corrected chi connectivity index (χ4v) is 8.24. The van der Waals surface area contributed by atoms with Gasteiger partial charge >= 0.3 is 88.7 Å². The normalized spacial score (nSPS) is 12.3. The van der Waals surface area contributed by atoms with Gasteiger partial charge in [0.25, 0.3) is 5.91 Å². The first-order chi connectivity index (χ1) is 27.4. The van der Waals surface area contributed by atoms with Crippen molar-refractivity contribution in [3.63, 3.8) is 0 Å². The van der Waals surface area contributed by atoms with Crippen LogP contribution in [0.5, 0.6) is 0 Å². The topological polar surface area (TPSA) is 380 Å². The van der Waals surface area contributed by atoms with Gasteiger partial charge in [0.1, 0.15) is 21.5 Å². The molecule has 0 radical (unpaired) electrons. The van der Waals surface area contributed by atoms with E-state index in [1.54, 1.807) is 30.3 Å². The van der Waals surface area contributed by atoms with Crippen molar-refractivity contribution in [2.75, 3.05) is 53.4 Å². The third kappa shape index (κ3) is 17.9. The minimum atomic E-state index is -5.26. The molecule has 1 amide bonds. The molecule has 4 aromatic rings. The Bertz CT molecular complexity index is 2820. The first-order valence-corrected chi connectivity index (χ1v) is 23.6. The zero-order chi connectivity index (χ0) is 43.8. The molecule has 31 heteroatoms. The van der Waals surface area contributed by atoms with Crippen molar-refractivity contribution < 1.29 is 158 Å². The molecule has 0 aliphatic carbocycles. The van der Waals surface area contributed by atoms with Crippen LogP contribution in [0.15, 0.2) is 115 Å². The minimum Gasteiger partial charge on any atom is -0.744 e. The average Bonchev–Trinajstić information content (AvgIpc) is 3.13. The molecule has 4 aromatic carbocycles. The second-order valence-electron chi connectivity index (χ2n) is 11.7. The SMILES string of the molecule is Nc1c(N=Nc2ccc(S(=O)(=O)CCOS(=O)(=O)[O-])cc2)cc(S(=O)(=O)[O-])c(N)c1N=Nc1ccc(C(=O)N(CCS(=O)(=O)CCOS(=O)(=O)[O-])c2ccccc2)cc1.[Na+].[Na+].[Na+]. The average molecular weight is 986 g/mol. The number of carbonyl (C=O) groups excluding carboxylic acids is 1. The number of benzene rings is 4. The zero-order valence-corrected chi connectivity index (χ0v) is 42.9. The Morgan fingerprint density at radius 1 is 0.613 bits per heavy atom. The van der Waals surface area contributed by atoms with Crippen molar-refractivity contribution in [3.8, 4) is 0 Å². The Balaban J connectivity index is 0.00000641. The predicted octanol–water partition coefficient (Wildman–Crippen LogP) is -6.61. The number of hydrogen-bond acceptors (Lipinski definition) is 22. The third-order valence-corrected chi connectivity index (χ3v) is 12.7. The molecule has 0 saturated heterocycles. The Labute approximate surface area is 423 Å². The maximum atomic E-state index is 13.6. The van der Waals surface area contributed by atoms with Crippen LogP contribution in [0.25, 0.3) is 0 Å². The molecule has 4 N–H and O–H groups in total. The van der Waals surface area contributed by atoms with E-state index in [-0.39, 0.29) is 117 Å². The largest absolute Gasteiger partial charge is 1.00 e. The molecule has 0 saturated carbocycles. The van der Waals surface area contributed by atoms with Gasteiger partial charge < -0.3 is 30.0 Å². The van der Waals surface area contributed by atoms with Crippen molar-refractivity contribution in [2.45, 2.75) is 9.79 Å². The summed E-state index contributed by atoms with van der Waals surface area (Å²) in [4.78, 5) is 13.5. The van der Waals surface area contributed by atoms with Gasteiger partial charge in [0, 0.05) is 17.8 Å². The van der Waals surface area contributed by atoms with Gasteiger partial charge in [0.2, 0.25) is 20.8 Å². The van der Waals surface area contributed by atoms with Gasteiger partial charge in [-0.25, -0.2) is 42.1 Å². The Hall–Kier alpha value is -2.30. The number of para-hydroxylation sites is 1. The summed E-state index contributed by atoms with van der Waals surface area (Å²) in [5.41, 5.74) is 10.5. The molecule has 0 aromatic heterocycles. The Morgan fingerprint density at radius 3 is 1.63 bits per heavy atom. The molecule has 0 unspecified atom stereocenters. The number of azo groups is 2. The predicted molar refractivity (Wildman–Crippen MR) is 205 cm³/mol. The monoisotopic (exact) mass is 985 g/mol. The molecule has 4 rings (SSSR count). The Kier molecular flexibility index (Phi) is 22.6. The van der Waals surface area contributed by atoms with E-state index >= 15 is 0 Å². The molecule has 0 atom stereocenters. The maximum absolute atomic E-state index is 13.6. The van der Waals surface area contributed by atoms with Crippen molar-refractivity contribution in [2.24, 2.45) is 20.5 Å². The van der Waals surface area contributed by atoms with Crippen LogP contribution in [0, 0.1) is 0 Å². The summed E-state index contributed by atoms with van der Waals surface area (Å²) < 4.78 is 158. The van der Waals surface area contributed by atoms with E-state index in [1.807, 2.05) is 0 Å².